The topological polar surface area (TPSA) is 173 Å². The molecule has 20 rings (SSSR count). The van der Waals surface area contributed by atoms with E-state index < -0.39 is 23.8 Å². The van der Waals surface area contributed by atoms with Crippen LogP contribution < -0.4 is 26.6 Å². The number of halogens is 3. The van der Waals surface area contributed by atoms with Crippen molar-refractivity contribution in [3.8, 4) is 5.75 Å². The number of benzene rings is 10. The number of phenols is 1. The van der Waals surface area contributed by atoms with Gasteiger partial charge >= 0.3 is 0 Å². The van der Waals surface area contributed by atoms with Gasteiger partial charge in [0.25, 0.3) is 0 Å². The zero-order valence-electron chi connectivity index (χ0n) is 68.0. The van der Waals surface area contributed by atoms with Crippen LogP contribution in [0.1, 0.15) is 200 Å². The van der Waals surface area contributed by atoms with Crippen LogP contribution in [-0.4, -0.2) is 102 Å². The van der Waals surface area contributed by atoms with Crippen molar-refractivity contribution in [2.24, 2.45) is 0 Å². The molecular weight excluding hydrogens is 1500 g/mol. The van der Waals surface area contributed by atoms with Crippen LogP contribution in [0, 0.1) is 24.4 Å². The fraction of sp³-hybridized carbons (Fsp3) is 0.381. The molecule has 0 spiro atoms. The Labute approximate surface area is 689 Å². The summed E-state index contributed by atoms with van der Waals surface area (Å²) in [5.41, 5.74) is 20.1. The Balaban J connectivity index is 0.000000110. The van der Waals surface area contributed by atoms with Gasteiger partial charge in [0.15, 0.2) is 0 Å². The van der Waals surface area contributed by atoms with Crippen LogP contribution in [-0.2, 0) is 58.2 Å². The Bertz CT molecular complexity index is 5090. The zero-order valence-corrected chi connectivity index (χ0v) is 68.8. The third-order valence-corrected chi connectivity index (χ3v) is 24.4. The standard InChI is InChI=1S/C21H23F2NO2.C20H22FNO2.C20H23NO3.C18H19NO2S.C18H19NO2/c1-21(2,3)12-7-8-16-13(11-12)19-20(26-10-9-25-19)18(24-16)17-14(22)5-4-6-15(17)23;1-12(2)13-7-8-17-15(11-13)19-20(24-10-9-23-19)18(22-17)14-5-3-4-6-16(14)21;1-20(2,3)13-7-8-16-15(10-13)18-19(24-11-23-18)17(21-16)12-5-4-6-14(22)9-12;1-22-13-7-8-15-14(11-13)17-18(21-10-9-20-17)16(19-15)12-5-3-2-4-6-12;1-12-7-8-15-14(11-12)17-18(21-10-9-20-17)16(19-15)13-5-3-2-4-6-13/h4-8,11,18-20,24H,9-10H2,1-3H3;3-8,11-12,18-20,22H,9-10H2,1-2H3;4-10,17-19,21-22H,11H2,1-3H3;2-8,11,16-19H,9-10H2,1H3;2-8,11,16-19H,9-10H2,1H3/t;18-,19+,20-;;;/m.0.../s1. The lowest BCUT2D eigenvalue weighted by Crippen LogP contribution is -2.44. The van der Waals surface area contributed by atoms with Gasteiger partial charge in [0.2, 0.25) is 0 Å². The van der Waals surface area contributed by atoms with Crippen LogP contribution in [0.2, 0.25) is 0 Å². The number of nitrogens with one attached hydrogen (secondary N) is 5. The van der Waals surface area contributed by atoms with Gasteiger partial charge in [-0.25, -0.2) is 13.2 Å². The molecule has 612 valence electrons. The predicted octanol–water partition coefficient (Wildman–Crippen LogP) is 21.4. The molecule has 5 fully saturated rings. The van der Waals surface area contributed by atoms with Crippen molar-refractivity contribution in [1.82, 2.24) is 0 Å². The Morgan fingerprint density at radius 2 is 0.735 bits per heavy atom. The molecule has 10 aromatic rings. The lowest BCUT2D eigenvalue weighted by Gasteiger charge is -2.43. The molecule has 10 aliphatic rings. The Morgan fingerprint density at radius 3 is 1.24 bits per heavy atom. The van der Waals surface area contributed by atoms with Crippen LogP contribution in [0.4, 0.5) is 41.6 Å². The molecule has 0 radical (unpaired) electrons. The first-order valence-electron chi connectivity index (χ1n) is 40.9. The van der Waals surface area contributed by atoms with E-state index >= 15 is 0 Å². The maximum absolute atomic E-state index is 14.4. The van der Waals surface area contributed by atoms with Crippen molar-refractivity contribution in [3.63, 3.8) is 0 Å². The van der Waals surface area contributed by atoms with Crippen molar-refractivity contribution in [2.45, 2.75) is 175 Å². The van der Waals surface area contributed by atoms with Crippen LogP contribution >= 0.6 is 11.8 Å². The number of anilines is 5. The van der Waals surface area contributed by atoms with Gasteiger partial charge in [-0.15, -0.1) is 11.8 Å². The highest BCUT2D eigenvalue weighted by Crippen LogP contribution is 2.52. The minimum Gasteiger partial charge on any atom is -0.508 e. The summed E-state index contributed by atoms with van der Waals surface area (Å²) in [5, 5.41) is 27.4. The van der Waals surface area contributed by atoms with Gasteiger partial charge in [0, 0.05) is 72.3 Å². The zero-order chi connectivity index (χ0) is 81.2. The fourth-order valence-electron chi connectivity index (χ4n) is 17.5. The Morgan fingerprint density at radius 1 is 0.350 bits per heavy atom. The van der Waals surface area contributed by atoms with E-state index in [0.717, 1.165) is 50.7 Å². The van der Waals surface area contributed by atoms with Crippen LogP contribution in [0.3, 0.4) is 0 Å². The van der Waals surface area contributed by atoms with Gasteiger partial charge < -0.3 is 79.1 Å². The van der Waals surface area contributed by atoms with Crippen LogP contribution in [0.25, 0.3) is 0 Å². The first kappa shape index (κ1) is 81.5. The summed E-state index contributed by atoms with van der Waals surface area (Å²) in [6, 6.07) is 70.4. The second kappa shape index (κ2) is 35.4. The molecule has 10 aromatic carbocycles. The highest BCUT2D eigenvalue weighted by atomic mass is 32.2. The molecule has 10 aliphatic heterocycles. The molecule has 0 saturated carbocycles. The molecule has 12 unspecified atom stereocenters. The van der Waals surface area contributed by atoms with Gasteiger partial charge in [0.1, 0.15) is 91.0 Å². The number of rotatable bonds is 7. The summed E-state index contributed by atoms with van der Waals surface area (Å²) >= 11 is 1.75. The molecule has 117 heavy (non-hydrogen) atoms. The molecule has 6 N–H and O–H groups in total. The van der Waals surface area contributed by atoms with E-state index in [1.807, 2.05) is 48.5 Å². The maximum atomic E-state index is 14.4. The Hall–Kier alpha value is -9.26. The molecule has 10 heterocycles. The van der Waals surface area contributed by atoms with Crippen molar-refractivity contribution in [1.29, 1.82) is 0 Å². The number of hydrogen-bond acceptors (Lipinski definition) is 17. The fourth-order valence-corrected chi connectivity index (χ4v) is 18.0. The number of thioether (sulfide) groups is 1. The van der Waals surface area contributed by atoms with E-state index in [4.69, 9.17) is 47.4 Å². The molecule has 20 heteroatoms. The van der Waals surface area contributed by atoms with E-state index in [0.29, 0.717) is 71.1 Å². The average Bonchev–Trinajstić information content (AvgIpc) is 1.73. The maximum Gasteiger partial charge on any atom is 0.148 e. The molecule has 15 atom stereocenters. The summed E-state index contributed by atoms with van der Waals surface area (Å²) in [5.74, 6) is -0.665. The lowest BCUT2D eigenvalue weighted by molar-refractivity contribution is -0.151. The number of aromatic hydroxyl groups is 1. The van der Waals surface area contributed by atoms with E-state index in [9.17, 15) is 18.3 Å². The largest absolute Gasteiger partial charge is 0.508 e. The normalized spacial score (nSPS) is 26.1. The second-order valence-electron chi connectivity index (χ2n) is 33.7. The van der Waals surface area contributed by atoms with Gasteiger partial charge in [0.05, 0.1) is 83.1 Å². The molecule has 0 aliphatic carbocycles. The van der Waals surface area contributed by atoms with E-state index in [2.05, 4.69) is 223 Å². The first-order chi connectivity index (χ1) is 56.6. The van der Waals surface area contributed by atoms with Crippen LogP contribution in [0.5, 0.6) is 5.75 Å². The number of fused-ring (bicyclic) bond motifs is 15. The Kier molecular flexibility index (Phi) is 24.6. The predicted molar refractivity (Wildman–Crippen MR) is 453 cm³/mol. The average molecular weight is 1610 g/mol. The molecule has 16 nitrogen and oxygen atoms in total. The number of aryl methyl sites for hydroxylation is 1. The minimum absolute atomic E-state index is 0.00134. The molecular formula is C97H106F3N5O11S. The molecule has 5 saturated heterocycles. The van der Waals surface area contributed by atoms with Crippen molar-refractivity contribution in [3.05, 3.63) is 314 Å². The van der Waals surface area contributed by atoms with Gasteiger partial charge in [-0.05, 0) is 136 Å². The van der Waals surface area contributed by atoms with Crippen molar-refractivity contribution < 1.29 is 65.6 Å². The minimum atomic E-state index is -0.644. The van der Waals surface area contributed by atoms with E-state index in [-0.39, 0.29) is 107 Å². The summed E-state index contributed by atoms with van der Waals surface area (Å²) in [6.45, 7) is 24.5. The quantitative estimate of drug-likeness (QED) is 0.0832. The summed E-state index contributed by atoms with van der Waals surface area (Å²) in [4.78, 5) is 1.26. The summed E-state index contributed by atoms with van der Waals surface area (Å²) in [7, 11) is 0. The van der Waals surface area contributed by atoms with Gasteiger partial charge in [-0.3, -0.25) is 0 Å². The number of hydrogen-bond donors (Lipinski definition) is 6. The van der Waals surface area contributed by atoms with Crippen molar-refractivity contribution >= 4 is 40.2 Å². The van der Waals surface area contributed by atoms with Gasteiger partial charge in [-0.2, -0.15) is 0 Å². The van der Waals surface area contributed by atoms with Gasteiger partial charge in [-0.1, -0.05) is 207 Å². The second-order valence-corrected chi connectivity index (χ2v) is 34.6. The highest BCUT2D eigenvalue weighted by molar-refractivity contribution is 7.98. The van der Waals surface area contributed by atoms with Crippen LogP contribution in [0.15, 0.2) is 223 Å². The first-order valence-corrected chi connectivity index (χ1v) is 42.1. The summed E-state index contributed by atoms with van der Waals surface area (Å²) < 4.78 is 103. The van der Waals surface area contributed by atoms with E-state index in [1.54, 1.807) is 30.0 Å². The summed E-state index contributed by atoms with van der Waals surface area (Å²) in [6.07, 6.45) is 0.720. The third kappa shape index (κ3) is 17.5. The van der Waals surface area contributed by atoms with Crippen molar-refractivity contribution in [2.75, 3.05) is 92.5 Å². The SMILES string of the molecule is CC(C)(C)c1ccc2c(c1)C1OCCOC1C(c1c(F)cccc1F)N2.CC(C)(C)c1ccc2c(c1)C1OCOC1C(c1cccc(O)c1)N2.CC(C)c1ccc2c(c1)[C@H]1OCCO[C@H]1[C@H](c1ccccc1F)N2.CSc1ccc2c(c1)C1OCCOC1C(c1ccccc1)N2.Cc1ccc2c(c1)C1OCCOC1C(c1ccccc1)N2. The van der Waals surface area contributed by atoms with E-state index in [1.165, 1.54) is 73.7 Å². The molecule has 0 amide bonds. The monoisotopic (exact) mass is 1610 g/mol. The number of phenolic OH excluding ortho intramolecular Hbond substituents is 1. The lowest BCUT2D eigenvalue weighted by atomic mass is 9.81. The molecule has 0 bridgehead atoms. The third-order valence-electron chi connectivity index (χ3n) is 23.6. The smallest absolute Gasteiger partial charge is 0.148 e. The molecule has 0 aromatic heterocycles. The number of ether oxygens (including phenoxy) is 10. The highest BCUT2D eigenvalue weighted by Gasteiger charge is 2.48.